The SMILES string of the molecule is CN1CCCCC(C(C#N)C2CCC2)C1. The summed E-state index contributed by atoms with van der Waals surface area (Å²) in [5, 5.41) is 9.32. The quantitative estimate of drug-likeness (QED) is 0.694. The average Bonchev–Trinajstić information content (AvgIpc) is 2.36. The molecule has 2 nitrogen and oxygen atoms in total. The Morgan fingerprint density at radius 2 is 1.87 bits per heavy atom. The summed E-state index contributed by atoms with van der Waals surface area (Å²) in [6, 6.07) is 2.60. The van der Waals surface area contributed by atoms with Crippen molar-refractivity contribution in [2.24, 2.45) is 17.8 Å². The zero-order valence-electron chi connectivity index (χ0n) is 9.78. The molecular weight excluding hydrogens is 184 g/mol. The van der Waals surface area contributed by atoms with Crippen molar-refractivity contribution in [1.82, 2.24) is 4.90 Å². The third-order valence-electron chi connectivity index (χ3n) is 4.23. The van der Waals surface area contributed by atoms with Crippen LogP contribution in [0.25, 0.3) is 0 Å². The Balaban J connectivity index is 1.96. The summed E-state index contributed by atoms with van der Waals surface area (Å²) in [4.78, 5) is 2.42. The van der Waals surface area contributed by atoms with E-state index in [2.05, 4.69) is 18.0 Å². The van der Waals surface area contributed by atoms with E-state index >= 15 is 0 Å². The number of rotatable bonds is 2. The van der Waals surface area contributed by atoms with Gasteiger partial charge in [0.15, 0.2) is 0 Å². The fraction of sp³-hybridized carbons (Fsp3) is 0.923. The van der Waals surface area contributed by atoms with Gasteiger partial charge in [-0.3, -0.25) is 0 Å². The van der Waals surface area contributed by atoms with Gasteiger partial charge in [-0.2, -0.15) is 5.26 Å². The van der Waals surface area contributed by atoms with Gasteiger partial charge in [0.1, 0.15) is 0 Å². The van der Waals surface area contributed by atoms with Crippen LogP contribution in [-0.2, 0) is 0 Å². The van der Waals surface area contributed by atoms with E-state index in [4.69, 9.17) is 0 Å². The molecule has 0 aromatic rings. The van der Waals surface area contributed by atoms with Crippen LogP contribution in [0.2, 0.25) is 0 Å². The second-order valence-corrected chi connectivity index (χ2v) is 5.36. The normalized spacial score (nSPS) is 31.3. The monoisotopic (exact) mass is 206 g/mol. The van der Waals surface area contributed by atoms with Crippen molar-refractivity contribution >= 4 is 0 Å². The third kappa shape index (κ3) is 2.52. The van der Waals surface area contributed by atoms with E-state index in [0.29, 0.717) is 11.8 Å². The second kappa shape index (κ2) is 4.99. The summed E-state index contributed by atoms with van der Waals surface area (Å²) < 4.78 is 0. The number of hydrogen-bond donors (Lipinski definition) is 0. The summed E-state index contributed by atoms with van der Waals surface area (Å²) in [5.74, 6) is 1.72. The van der Waals surface area contributed by atoms with Crippen LogP contribution in [0.1, 0.15) is 38.5 Å². The summed E-state index contributed by atoms with van der Waals surface area (Å²) in [5.41, 5.74) is 0. The molecule has 1 aliphatic carbocycles. The van der Waals surface area contributed by atoms with Crippen LogP contribution in [0.5, 0.6) is 0 Å². The van der Waals surface area contributed by atoms with Crippen LogP contribution in [0.15, 0.2) is 0 Å². The third-order valence-corrected chi connectivity index (χ3v) is 4.23. The molecule has 0 aromatic heterocycles. The Morgan fingerprint density at radius 3 is 2.47 bits per heavy atom. The van der Waals surface area contributed by atoms with Crippen LogP contribution < -0.4 is 0 Å². The molecule has 2 atom stereocenters. The van der Waals surface area contributed by atoms with Crippen molar-refractivity contribution in [2.75, 3.05) is 20.1 Å². The minimum atomic E-state index is 0.347. The fourth-order valence-electron chi connectivity index (χ4n) is 3.06. The molecular formula is C13H22N2. The van der Waals surface area contributed by atoms with Crippen LogP contribution >= 0.6 is 0 Å². The zero-order chi connectivity index (χ0) is 10.7. The van der Waals surface area contributed by atoms with Gasteiger partial charge in [0.2, 0.25) is 0 Å². The summed E-state index contributed by atoms with van der Waals surface area (Å²) in [7, 11) is 2.20. The van der Waals surface area contributed by atoms with Crippen LogP contribution in [-0.4, -0.2) is 25.0 Å². The molecule has 84 valence electrons. The van der Waals surface area contributed by atoms with E-state index in [1.165, 1.54) is 45.1 Å². The predicted molar refractivity (Wildman–Crippen MR) is 61.3 cm³/mol. The first kappa shape index (κ1) is 11.0. The largest absolute Gasteiger partial charge is 0.306 e. The van der Waals surface area contributed by atoms with Gasteiger partial charge >= 0.3 is 0 Å². The molecule has 2 heteroatoms. The van der Waals surface area contributed by atoms with Gasteiger partial charge in [-0.1, -0.05) is 12.8 Å². The molecule has 1 aliphatic heterocycles. The van der Waals surface area contributed by atoms with E-state index in [9.17, 15) is 5.26 Å². The number of nitriles is 1. The Morgan fingerprint density at radius 1 is 1.13 bits per heavy atom. The Hall–Kier alpha value is -0.550. The Bertz CT molecular complexity index is 239. The molecule has 2 unspecified atom stereocenters. The molecule has 0 radical (unpaired) electrons. The molecule has 2 rings (SSSR count). The summed E-state index contributed by atoms with van der Waals surface area (Å²) >= 11 is 0. The van der Waals surface area contributed by atoms with Gasteiger partial charge in [-0.25, -0.2) is 0 Å². The van der Waals surface area contributed by atoms with Crippen molar-refractivity contribution in [1.29, 1.82) is 5.26 Å². The highest BCUT2D eigenvalue weighted by atomic mass is 15.1. The predicted octanol–water partition coefficient (Wildman–Crippen LogP) is 2.66. The number of likely N-dealkylation sites (tertiary alicyclic amines) is 1. The Labute approximate surface area is 93.3 Å². The molecule has 15 heavy (non-hydrogen) atoms. The van der Waals surface area contributed by atoms with Crippen LogP contribution in [0, 0.1) is 29.1 Å². The highest BCUT2D eigenvalue weighted by Crippen LogP contribution is 2.39. The van der Waals surface area contributed by atoms with Gasteiger partial charge in [0.25, 0.3) is 0 Å². The molecule has 2 aliphatic rings. The van der Waals surface area contributed by atoms with Gasteiger partial charge in [-0.15, -0.1) is 0 Å². The van der Waals surface area contributed by atoms with E-state index in [1.807, 2.05) is 0 Å². The standard InChI is InChI=1S/C13H22N2/c1-15-8-3-2-5-12(10-15)13(9-14)11-6-4-7-11/h11-13H,2-8,10H2,1H3. The van der Waals surface area contributed by atoms with Gasteiger partial charge < -0.3 is 4.90 Å². The molecule has 1 heterocycles. The van der Waals surface area contributed by atoms with Crippen molar-refractivity contribution in [3.05, 3.63) is 0 Å². The van der Waals surface area contributed by atoms with Gasteiger partial charge in [0.05, 0.1) is 12.0 Å². The first-order valence-corrected chi connectivity index (χ1v) is 6.39. The topological polar surface area (TPSA) is 27.0 Å². The molecule has 2 fully saturated rings. The first-order chi connectivity index (χ1) is 7.31. The molecule has 0 spiro atoms. The van der Waals surface area contributed by atoms with E-state index in [1.54, 1.807) is 0 Å². The maximum Gasteiger partial charge on any atom is 0.0662 e. The van der Waals surface area contributed by atoms with Crippen LogP contribution in [0.4, 0.5) is 0 Å². The van der Waals surface area contributed by atoms with E-state index in [0.717, 1.165) is 12.5 Å². The first-order valence-electron chi connectivity index (χ1n) is 6.39. The lowest BCUT2D eigenvalue weighted by molar-refractivity contribution is 0.159. The second-order valence-electron chi connectivity index (χ2n) is 5.36. The highest BCUT2D eigenvalue weighted by molar-refractivity contribution is 4.96. The number of nitrogens with zero attached hydrogens (tertiary/aromatic N) is 2. The highest BCUT2D eigenvalue weighted by Gasteiger charge is 2.34. The minimum absolute atomic E-state index is 0.347. The molecule has 0 amide bonds. The van der Waals surface area contributed by atoms with Crippen molar-refractivity contribution in [2.45, 2.75) is 38.5 Å². The summed E-state index contributed by atoms with van der Waals surface area (Å²) in [6.07, 6.45) is 7.87. The number of hydrogen-bond acceptors (Lipinski definition) is 2. The maximum absolute atomic E-state index is 9.32. The van der Waals surface area contributed by atoms with E-state index < -0.39 is 0 Å². The molecule has 0 aromatic carbocycles. The average molecular weight is 206 g/mol. The fourth-order valence-corrected chi connectivity index (χ4v) is 3.06. The van der Waals surface area contributed by atoms with Gasteiger partial charge in [-0.05, 0) is 51.1 Å². The lowest BCUT2D eigenvalue weighted by Gasteiger charge is -2.35. The molecule has 0 N–H and O–H groups in total. The lowest BCUT2D eigenvalue weighted by Crippen LogP contribution is -2.33. The lowest BCUT2D eigenvalue weighted by atomic mass is 9.70. The van der Waals surface area contributed by atoms with Crippen LogP contribution in [0.3, 0.4) is 0 Å². The van der Waals surface area contributed by atoms with E-state index in [-0.39, 0.29) is 0 Å². The van der Waals surface area contributed by atoms with Crippen molar-refractivity contribution < 1.29 is 0 Å². The van der Waals surface area contributed by atoms with Crippen molar-refractivity contribution in [3.8, 4) is 6.07 Å². The van der Waals surface area contributed by atoms with Crippen molar-refractivity contribution in [3.63, 3.8) is 0 Å². The minimum Gasteiger partial charge on any atom is -0.306 e. The summed E-state index contributed by atoms with van der Waals surface area (Å²) in [6.45, 7) is 2.37. The molecule has 0 bridgehead atoms. The smallest absolute Gasteiger partial charge is 0.0662 e. The van der Waals surface area contributed by atoms with Gasteiger partial charge in [0, 0.05) is 6.54 Å². The zero-order valence-corrected chi connectivity index (χ0v) is 9.78. The Kier molecular flexibility index (Phi) is 3.64. The molecule has 1 saturated carbocycles. The maximum atomic E-state index is 9.32. The molecule has 1 saturated heterocycles.